The molecule has 0 bridgehead atoms. The van der Waals surface area contributed by atoms with Crippen LogP contribution < -0.4 is 5.32 Å². The zero-order valence-electron chi connectivity index (χ0n) is 18.4. The summed E-state index contributed by atoms with van der Waals surface area (Å²) in [4.78, 5) is 23.7. The van der Waals surface area contributed by atoms with Gasteiger partial charge in [-0.25, -0.2) is 4.79 Å². The number of amides is 1. The first kappa shape index (κ1) is 28.0. The summed E-state index contributed by atoms with van der Waals surface area (Å²) in [6.45, 7) is 9.88. The van der Waals surface area contributed by atoms with E-state index >= 15 is 0 Å². The minimum atomic E-state index is -5.04. The van der Waals surface area contributed by atoms with Crippen LogP contribution in [0.3, 0.4) is 0 Å². The van der Waals surface area contributed by atoms with Crippen LogP contribution in [0.5, 0.6) is 0 Å². The Hall–Kier alpha value is -2.08. The topological polar surface area (TPSA) is 75.6 Å². The maximum absolute atomic E-state index is 13.0. The van der Waals surface area contributed by atoms with Crippen LogP contribution in [0.4, 0.5) is 26.3 Å². The standard InChI is InChI=1S/C20H27F6NO4Si/c1-18(2,3)32(4,5)31-7-6-15(17(29)30)27-16(28)10-12-8-13(19(21,22)23)11-14(9-12)20(24,25)26/h8-9,11,15H,6-7,10H2,1-5H3,(H,27,28)(H,29,30)/t15-/m0/s1. The number of benzene rings is 1. The van der Waals surface area contributed by atoms with Gasteiger partial charge < -0.3 is 14.8 Å². The van der Waals surface area contributed by atoms with E-state index in [0.29, 0.717) is 12.1 Å². The summed E-state index contributed by atoms with van der Waals surface area (Å²) >= 11 is 0. The maximum Gasteiger partial charge on any atom is 0.416 e. The average molecular weight is 488 g/mol. The highest BCUT2D eigenvalue weighted by molar-refractivity contribution is 6.74. The summed E-state index contributed by atoms with van der Waals surface area (Å²) in [5.41, 5.74) is -3.63. The molecular weight excluding hydrogens is 460 g/mol. The molecule has 12 heteroatoms. The Kier molecular flexibility index (Phi) is 8.57. The highest BCUT2D eigenvalue weighted by atomic mass is 28.4. The van der Waals surface area contributed by atoms with Crippen LogP contribution in [0.25, 0.3) is 0 Å². The van der Waals surface area contributed by atoms with Gasteiger partial charge in [-0.2, -0.15) is 26.3 Å². The van der Waals surface area contributed by atoms with Gasteiger partial charge in [-0.15, -0.1) is 0 Å². The van der Waals surface area contributed by atoms with Gasteiger partial charge in [0.1, 0.15) is 6.04 Å². The number of rotatable bonds is 8. The van der Waals surface area contributed by atoms with Crippen LogP contribution in [-0.2, 0) is 32.8 Å². The van der Waals surface area contributed by atoms with Gasteiger partial charge in [0.2, 0.25) is 5.91 Å². The molecule has 182 valence electrons. The van der Waals surface area contributed by atoms with Crippen LogP contribution in [0.1, 0.15) is 43.9 Å². The lowest BCUT2D eigenvalue weighted by atomic mass is 10.0. The number of hydrogen-bond donors (Lipinski definition) is 2. The van der Waals surface area contributed by atoms with Crippen molar-refractivity contribution in [2.24, 2.45) is 0 Å². The molecule has 0 saturated heterocycles. The highest BCUT2D eigenvalue weighted by Crippen LogP contribution is 2.37. The number of carbonyl (C=O) groups excluding carboxylic acids is 1. The fourth-order valence-electron chi connectivity index (χ4n) is 2.46. The van der Waals surface area contributed by atoms with Crippen molar-refractivity contribution in [2.75, 3.05) is 6.61 Å². The predicted molar refractivity (Wildman–Crippen MR) is 107 cm³/mol. The van der Waals surface area contributed by atoms with Crippen molar-refractivity contribution in [3.63, 3.8) is 0 Å². The summed E-state index contributed by atoms with van der Waals surface area (Å²) in [5.74, 6) is -2.41. The van der Waals surface area contributed by atoms with Crippen LogP contribution in [0.15, 0.2) is 18.2 Å². The minimum absolute atomic E-state index is 0.0233. The second kappa shape index (κ2) is 9.82. The van der Waals surface area contributed by atoms with Crippen molar-refractivity contribution in [2.45, 2.75) is 70.1 Å². The Morgan fingerprint density at radius 1 is 1.00 bits per heavy atom. The summed E-state index contributed by atoms with van der Waals surface area (Å²) in [7, 11) is -2.17. The van der Waals surface area contributed by atoms with Gasteiger partial charge in [-0.3, -0.25) is 4.79 Å². The van der Waals surface area contributed by atoms with Gasteiger partial charge in [-0.05, 0) is 41.9 Å². The monoisotopic (exact) mass is 487 g/mol. The Morgan fingerprint density at radius 2 is 1.47 bits per heavy atom. The lowest BCUT2D eigenvalue weighted by Crippen LogP contribution is -2.45. The van der Waals surface area contributed by atoms with Crippen molar-refractivity contribution >= 4 is 20.2 Å². The second-order valence-corrected chi connectivity index (χ2v) is 13.8. The van der Waals surface area contributed by atoms with Crippen LogP contribution >= 0.6 is 0 Å². The quantitative estimate of drug-likeness (QED) is 0.388. The van der Waals surface area contributed by atoms with Crippen molar-refractivity contribution in [3.05, 3.63) is 34.9 Å². The largest absolute Gasteiger partial charge is 0.480 e. The molecule has 0 aliphatic heterocycles. The number of halogens is 6. The van der Waals surface area contributed by atoms with Crippen LogP contribution in [-0.4, -0.2) is 37.9 Å². The molecule has 0 fully saturated rings. The van der Waals surface area contributed by atoms with Crippen molar-refractivity contribution in [1.29, 1.82) is 0 Å². The molecule has 1 rings (SSSR count). The van der Waals surface area contributed by atoms with Crippen molar-refractivity contribution < 1.29 is 45.5 Å². The van der Waals surface area contributed by atoms with E-state index in [1.54, 1.807) is 0 Å². The molecule has 0 saturated carbocycles. The summed E-state index contributed by atoms with van der Waals surface area (Å²) in [6, 6.07) is -0.573. The molecule has 0 aromatic heterocycles. The molecule has 1 atom stereocenters. The molecule has 0 heterocycles. The third kappa shape index (κ3) is 8.12. The predicted octanol–water partition coefficient (Wildman–Crippen LogP) is 5.25. The SMILES string of the molecule is CC(C)(C)[Si](C)(C)OCC[C@H](NC(=O)Cc1cc(C(F)(F)F)cc(C(F)(F)F)c1)C(=O)O. The third-order valence-electron chi connectivity index (χ3n) is 5.32. The number of hydrogen-bond acceptors (Lipinski definition) is 3. The van der Waals surface area contributed by atoms with E-state index in [1.165, 1.54) is 0 Å². The average Bonchev–Trinajstić information content (AvgIpc) is 2.57. The molecule has 5 nitrogen and oxygen atoms in total. The number of alkyl halides is 6. The Morgan fingerprint density at radius 3 is 1.84 bits per heavy atom. The molecular formula is C20H27F6NO4Si. The Bertz CT molecular complexity index is 799. The van der Waals surface area contributed by atoms with E-state index in [-0.39, 0.29) is 24.1 Å². The summed E-state index contributed by atoms with van der Waals surface area (Å²) in [5, 5.41) is 11.3. The smallest absolute Gasteiger partial charge is 0.416 e. The number of carboxylic acid groups (broad SMARTS) is 1. The van der Waals surface area contributed by atoms with Gasteiger partial charge in [0.25, 0.3) is 0 Å². The van der Waals surface area contributed by atoms with E-state index in [0.717, 1.165) is 0 Å². The first-order chi connectivity index (χ1) is 14.2. The highest BCUT2D eigenvalue weighted by Gasteiger charge is 2.38. The van der Waals surface area contributed by atoms with Gasteiger partial charge in [0.05, 0.1) is 17.5 Å². The molecule has 0 aliphatic carbocycles. The summed E-state index contributed by atoms with van der Waals surface area (Å²) < 4.78 is 83.6. The molecule has 1 aromatic rings. The first-order valence-electron chi connectivity index (χ1n) is 9.68. The lowest BCUT2D eigenvalue weighted by molar-refractivity contribution is -0.143. The molecule has 0 aliphatic rings. The second-order valence-electron chi connectivity index (χ2n) is 8.95. The van der Waals surface area contributed by atoms with E-state index in [1.807, 2.05) is 33.9 Å². The van der Waals surface area contributed by atoms with Crippen LogP contribution in [0.2, 0.25) is 18.1 Å². The van der Waals surface area contributed by atoms with E-state index in [2.05, 4.69) is 5.32 Å². The summed E-state index contributed by atoms with van der Waals surface area (Å²) in [6.07, 6.45) is -11.0. The molecule has 1 aromatic carbocycles. The lowest BCUT2D eigenvalue weighted by Gasteiger charge is -2.36. The number of carboxylic acids is 1. The first-order valence-corrected chi connectivity index (χ1v) is 12.6. The van der Waals surface area contributed by atoms with E-state index in [4.69, 9.17) is 4.43 Å². The number of nitrogens with one attached hydrogen (secondary N) is 1. The Labute approximate surface area is 183 Å². The number of aliphatic carboxylic acids is 1. The zero-order chi connectivity index (χ0) is 25.1. The van der Waals surface area contributed by atoms with Gasteiger partial charge in [0.15, 0.2) is 8.32 Å². The maximum atomic E-state index is 13.0. The molecule has 32 heavy (non-hydrogen) atoms. The van der Waals surface area contributed by atoms with Crippen molar-refractivity contribution in [3.8, 4) is 0 Å². The molecule has 0 unspecified atom stereocenters. The molecule has 0 radical (unpaired) electrons. The minimum Gasteiger partial charge on any atom is -0.480 e. The molecule has 1 amide bonds. The Balaban J connectivity index is 2.93. The molecule has 2 N–H and O–H groups in total. The van der Waals surface area contributed by atoms with Gasteiger partial charge >= 0.3 is 18.3 Å². The van der Waals surface area contributed by atoms with Crippen LogP contribution in [0, 0.1) is 0 Å². The molecule has 0 spiro atoms. The fourth-order valence-corrected chi connectivity index (χ4v) is 3.52. The van der Waals surface area contributed by atoms with Gasteiger partial charge in [0, 0.05) is 13.0 Å². The fraction of sp³-hybridized carbons (Fsp3) is 0.600. The van der Waals surface area contributed by atoms with Gasteiger partial charge in [-0.1, -0.05) is 20.8 Å². The third-order valence-corrected chi connectivity index (χ3v) is 9.86. The van der Waals surface area contributed by atoms with E-state index < -0.39 is 61.7 Å². The van der Waals surface area contributed by atoms with E-state index in [9.17, 15) is 41.0 Å². The zero-order valence-corrected chi connectivity index (χ0v) is 19.4. The van der Waals surface area contributed by atoms with Crippen molar-refractivity contribution in [1.82, 2.24) is 5.32 Å². The normalized spacial score (nSPS) is 14.2. The number of carbonyl (C=O) groups is 2.